The lowest BCUT2D eigenvalue weighted by molar-refractivity contribution is 0.0116. The van der Waals surface area contributed by atoms with E-state index in [9.17, 15) is 0 Å². The Morgan fingerprint density at radius 1 is 1.35 bits per heavy atom. The smallest absolute Gasteiger partial charge is 0.0633 e. The number of hydrogen-bond donors (Lipinski definition) is 1. The van der Waals surface area contributed by atoms with E-state index in [-0.39, 0.29) is 5.54 Å². The number of nitrogens with one attached hydrogen (secondary N) is 1. The Labute approximate surface area is 107 Å². The molecule has 1 aliphatic rings. The van der Waals surface area contributed by atoms with Crippen molar-refractivity contribution < 1.29 is 4.74 Å². The monoisotopic (exact) mass is 242 g/mol. The van der Waals surface area contributed by atoms with Gasteiger partial charge < -0.3 is 15.0 Å². The molecule has 0 spiro atoms. The van der Waals surface area contributed by atoms with E-state index in [1.54, 1.807) is 7.11 Å². The van der Waals surface area contributed by atoms with Crippen LogP contribution in [-0.4, -0.2) is 50.8 Å². The molecule has 0 amide bonds. The predicted octanol–water partition coefficient (Wildman–Crippen LogP) is 2.12. The molecule has 0 saturated heterocycles. The van der Waals surface area contributed by atoms with Crippen molar-refractivity contribution in [2.24, 2.45) is 5.92 Å². The first-order valence-electron chi connectivity index (χ1n) is 6.96. The van der Waals surface area contributed by atoms with Crippen LogP contribution in [0, 0.1) is 5.92 Å². The molecule has 3 nitrogen and oxygen atoms in total. The Morgan fingerprint density at radius 3 is 2.35 bits per heavy atom. The molecule has 1 rings (SSSR count). The van der Waals surface area contributed by atoms with E-state index in [1.807, 2.05) is 0 Å². The van der Waals surface area contributed by atoms with Crippen LogP contribution in [0.25, 0.3) is 0 Å². The molecule has 1 N–H and O–H groups in total. The molecule has 0 aliphatic heterocycles. The first-order chi connectivity index (χ1) is 8.06. The van der Waals surface area contributed by atoms with Gasteiger partial charge in [-0.25, -0.2) is 0 Å². The van der Waals surface area contributed by atoms with Crippen LogP contribution in [0.15, 0.2) is 0 Å². The molecule has 1 fully saturated rings. The highest BCUT2D eigenvalue weighted by Crippen LogP contribution is 2.37. The summed E-state index contributed by atoms with van der Waals surface area (Å²) < 4.78 is 5.42. The molecule has 0 aromatic carbocycles. The summed E-state index contributed by atoms with van der Waals surface area (Å²) in [5.74, 6) is 0.882. The van der Waals surface area contributed by atoms with Crippen molar-refractivity contribution in [2.45, 2.75) is 51.1 Å². The fraction of sp³-hybridized carbons (Fsp3) is 1.00. The van der Waals surface area contributed by atoms with Crippen molar-refractivity contribution >= 4 is 0 Å². The molecular formula is C14H30N2O. The average Bonchev–Trinajstić information content (AvgIpc) is 2.30. The van der Waals surface area contributed by atoms with Crippen molar-refractivity contribution in [1.82, 2.24) is 10.2 Å². The van der Waals surface area contributed by atoms with Gasteiger partial charge in [0.15, 0.2) is 0 Å². The van der Waals surface area contributed by atoms with E-state index in [0.717, 1.165) is 19.1 Å². The molecule has 1 saturated carbocycles. The molecule has 1 aliphatic carbocycles. The van der Waals surface area contributed by atoms with Crippen LogP contribution in [0.1, 0.15) is 39.5 Å². The first-order valence-corrected chi connectivity index (χ1v) is 6.96. The number of ether oxygens (including phenoxy) is 1. The van der Waals surface area contributed by atoms with Crippen molar-refractivity contribution in [2.75, 3.05) is 34.4 Å². The lowest BCUT2D eigenvalue weighted by Crippen LogP contribution is -2.62. The van der Waals surface area contributed by atoms with Crippen molar-refractivity contribution in [3.63, 3.8) is 0 Å². The molecule has 17 heavy (non-hydrogen) atoms. The van der Waals surface area contributed by atoms with E-state index in [0.29, 0.717) is 6.04 Å². The average molecular weight is 242 g/mol. The third kappa shape index (κ3) is 3.43. The van der Waals surface area contributed by atoms with E-state index < -0.39 is 0 Å². The maximum atomic E-state index is 5.42. The minimum absolute atomic E-state index is 0.276. The quantitative estimate of drug-likeness (QED) is 0.772. The largest absolute Gasteiger partial charge is 0.383 e. The van der Waals surface area contributed by atoms with E-state index in [4.69, 9.17) is 4.74 Å². The molecule has 0 aromatic rings. The highest BCUT2D eigenvalue weighted by molar-refractivity contribution is 5.01. The zero-order valence-electron chi connectivity index (χ0n) is 12.3. The van der Waals surface area contributed by atoms with Crippen molar-refractivity contribution in [3.8, 4) is 0 Å². The Bertz CT molecular complexity index is 204. The summed E-state index contributed by atoms with van der Waals surface area (Å²) in [6, 6.07) is 0.444. The summed E-state index contributed by atoms with van der Waals surface area (Å²) >= 11 is 0. The molecule has 3 heteroatoms. The summed E-state index contributed by atoms with van der Waals surface area (Å²) in [7, 11) is 6.24. The maximum Gasteiger partial charge on any atom is 0.0633 e. The third-order valence-corrected chi connectivity index (χ3v) is 4.46. The van der Waals surface area contributed by atoms with Crippen LogP contribution >= 0.6 is 0 Å². The molecule has 0 radical (unpaired) electrons. The fourth-order valence-corrected chi connectivity index (χ4v) is 3.19. The maximum absolute atomic E-state index is 5.42. The Kier molecular flexibility index (Phi) is 5.90. The van der Waals surface area contributed by atoms with Gasteiger partial charge in [-0.15, -0.1) is 0 Å². The summed E-state index contributed by atoms with van der Waals surface area (Å²) in [5, 5.41) is 3.62. The summed E-state index contributed by atoms with van der Waals surface area (Å²) in [4.78, 5) is 2.42. The minimum atomic E-state index is 0.276. The molecule has 0 bridgehead atoms. The highest BCUT2D eigenvalue weighted by Gasteiger charge is 2.42. The number of rotatable bonds is 6. The highest BCUT2D eigenvalue weighted by atomic mass is 16.5. The SMILES string of the molecule is CCNC(COC)C1(N(C)C)CCC(C)CC1. The number of hydrogen-bond acceptors (Lipinski definition) is 3. The number of nitrogens with zero attached hydrogens (tertiary/aromatic N) is 1. The number of methoxy groups -OCH3 is 1. The molecule has 1 unspecified atom stereocenters. The second kappa shape index (κ2) is 6.72. The summed E-state index contributed by atoms with van der Waals surface area (Å²) in [5.41, 5.74) is 0.276. The van der Waals surface area contributed by atoms with Crippen LogP contribution in [0.2, 0.25) is 0 Å². The predicted molar refractivity (Wildman–Crippen MR) is 73.4 cm³/mol. The molecular weight excluding hydrogens is 212 g/mol. The Balaban J connectivity index is 2.80. The zero-order valence-corrected chi connectivity index (χ0v) is 12.3. The van der Waals surface area contributed by atoms with Crippen LogP contribution in [0.4, 0.5) is 0 Å². The van der Waals surface area contributed by atoms with Gasteiger partial charge in [-0.3, -0.25) is 0 Å². The fourth-order valence-electron chi connectivity index (χ4n) is 3.19. The second-order valence-corrected chi connectivity index (χ2v) is 5.75. The van der Waals surface area contributed by atoms with Gasteiger partial charge in [0, 0.05) is 18.7 Å². The molecule has 0 heterocycles. The van der Waals surface area contributed by atoms with Gasteiger partial charge in [0.1, 0.15) is 0 Å². The van der Waals surface area contributed by atoms with Crippen molar-refractivity contribution in [1.29, 1.82) is 0 Å². The zero-order chi connectivity index (χ0) is 12.9. The topological polar surface area (TPSA) is 24.5 Å². The van der Waals surface area contributed by atoms with Gasteiger partial charge in [0.05, 0.1) is 6.61 Å². The Hall–Kier alpha value is -0.120. The third-order valence-electron chi connectivity index (χ3n) is 4.46. The second-order valence-electron chi connectivity index (χ2n) is 5.75. The van der Waals surface area contributed by atoms with Gasteiger partial charge >= 0.3 is 0 Å². The van der Waals surface area contributed by atoms with Crippen LogP contribution in [-0.2, 0) is 4.74 Å². The van der Waals surface area contributed by atoms with Gasteiger partial charge in [-0.2, -0.15) is 0 Å². The molecule has 102 valence electrons. The normalized spacial score (nSPS) is 31.8. The van der Waals surface area contributed by atoms with Crippen LogP contribution in [0.5, 0.6) is 0 Å². The molecule has 1 atom stereocenters. The lowest BCUT2D eigenvalue weighted by atomic mass is 9.72. The molecule has 0 aromatic heterocycles. The van der Waals surface area contributed by atoms with Crippen LogP contribution in [0.3, 0.4) is 0 Å². The van der Waals surface area contributed by atoms with Crippen LogP contribution < -0.4 is 5.32 Å². The first kappa shape index (κ1) is 14.9. The van der Waals surface area contributed by atoms with Gasteiger partial charge in [0.2, 0.25) is 0 Å². The summed E-state index contributed by atoms with van der Waals surface area (Å²) in [6.45, 7) is 6.37. The van der Waals surface area contributed by atoms with Gasteiger partial charge in [-0.1, -0.05) is 13.8 Å². The summed E-state index contributed by atoms with van der Waals surface area (Å²) in [6.07, 6.45) is 5.23. The van der Waals surface area contributed by atoms with E-state index >= 15 is 0 Å². The standard InChI is InChI=1S/C14H30N2O/c1-6-15-13(11-17-5)14(16(3)4)9-7-12(2)8-10-14/h12-13,15H,6-11H2,1-5H3. The lowest BCUT2D eigenvalue weighted by Gasteiger charge is -2.49. The van der Waals surface area contributed by atoms with E-state index in [1.165, 1.54) is 25.7 Å². The van der Waals surface area contributed by atoms with Gasteiger partial charge in [-0.05, 0) is 52.2 Å². The van der Waals surface area contributed by atoms with Gasteiger partial charge in [0.25, 0.3) is 0 Å². The van der Waals surface area contributed by atoms with Crippen molar-refractivity contribution in [3.05, 3.63) is 0 Å². The minimum Gasteiger partial charge on any atom is -0.383 e. The van der Waals surface area contributed by atoms with E-state index in [2.05, 4.69) is 38.2 Å². The Morgan fingerprint density at radius 2 is 1.94 bits per heavy atom. The number of likely N-dealkylation sites (N-methyl/N-ethyl adjacent to an activating group) is 2.